The maximum absolute atomic E-state index is 13.0. The van der Waals surface area contributed by atoms with E-state index in [0.29, 0.717) is 22.4 Å². The van der Waals surface area contributed by atoms with Gasteiger partial charge >= 0.3 is 0 Å². The number of nitrogens with zero attached hydrogens (tertiary/aromatic N) is 3. The fraction of sp³-hybridized carbons (Fsp3) is 0.273. The normalized spacial score (nSPS) is 15.2. The van der Waals surface area contributed by atoms with Crippen LogP contribution >= 0.6 is 11.6 Å². The maximum Gasteiger partial charge on any atom is 0.169 e. The summed E-state index contributed by atoms with van der Waals surface area (Å²) < 4.78 is 14.6. The van der Waals surface area contributed by atoms with Crippen molar-refractivity contribution in [2.24, 2.45) is 0 Å². The van der Waals surface area contributed by atoms with Gasteiger partial charge in [-0.1, -0.05) is 16.8 Å². The summed E-state index contributed by atoms with van der Waals surface area (Å²) in [6.07, 6.45) is 2.16. The van der Waals surface area contributed by atoms with Crippen LogP contribution in [-0.2, 0) is 0 Å². The number of hydrogen-bond acceptors (Lipinski definition) is 3. The molecule has 17 heavy (non-hydrogen) atoms. The molecule has 1 fully saturated rings. The first-order valence-corrected chi connectivity index (χ1v) is 5.71. The van der Waals surface area contributed by atoms with Gasteiger partial charge in [-0.25, -0.2) is 9.07 Å². The summed E-state index contributed by atoms with van der Waals surface area (Å²) in [7, 11) is 0. The molecule has 4 nitrogen and oxygen atoms in total. The average molecular weight is 253 g/mol. The lowest BCUT2D eigenvalue weighted by molar-refractivity contribution is 0.626. The van der Waals surface area contributed by atoms with Crippen LogP contribution in [0.3, 0.4) is 0 Å². The van der Waals surface area contributed by atoms with Gasteiger partial charge in [0, 0.05) is 5.92 Å². The molecular weight excluding hydrogens is 243 g/mol. The predicted octanol–water partition coefficient (Wildman–Crippen LogP) is 2.52. The number of anilines is 1. The molecule has 88 valence electrons. The molecule has 2 aromatic rings. The summed E-state index contributed by atoms with van der Waals surface area (Å²) in [6, 6.07) is 4.18. The molecule has 0 saturated heterocycles. The van der Waals surface area contributed by atoms with Crippen LogP contribution in [-0.4, -0.2) is 15.0 Å². The molecule has 1 aromatic heterocycles. The van der Waals surface area contributed by atoms with Gasteiger partial charge in [-0.05, 0) is 31.0 Å². The van der Waals surface area contributed by atoms with Crippen LogP contribution in [0, 0.1) is 5.82 Å². The molecular formula is C11H10ClFN4. The predicted molar refractivity (Wildman–Crippen MR) is 62.7 cm³/mol. The van der Waals surface area contributed by atoms with Crippen molar-refractivity contribution in [2.75, 3.05) is 5.73 Å². The maximum atomic E-state index is 13.0. The SMILES string of the molecule is Nc1nnn(-c2ccc(F)cc2Cl)c1C1CC1. The van der Waals surface area contributed by atoms with E-state index >= 15 is 0 Å². The lowest BCUT2D eigenvalue weighted by Crippen LogP contribution is -2.03. The molecule has 6 heteroatoms. The second-order valence-corrected chi connectivity index (χ2v) is 4.55. The Morgan fingerprint density at radius 3 is 2.82 bits per heavy atom. The third-order valence-corrected chi connectivity index (χ3v) is 3.14. The Labute approximate surface area is 102 Å². The van der Waals surface area contributed by atoms with Crippen molar-refractivity contribution >= 4 is 17.4 Å². The Kier molecular flexibility index (Phi) is 2.29. The monoisotopic (exact) mass is 252 g/mol. The minimum atomic E-state index is -0.375. The highest BCUT2D eigenvalue weighted by Crippen LogP contribution is 2.43. The van der Waals surface area contributed by atoms with Gasteiger partial charge in [0.1, 0.15) is 5.82 Å². The number of rotatable bonds is 2. The molecule has 0 radical (unpaired) electrons. The molecule has 1 aromatic carbocycles. The molecule has 0 amide bonds. The number of benzene rings is 1. The molecule has 0 bridgehead atoms. The van der Waals surface area contributed by atoms with Crippen LogP contribution in [0.4, 0.5) is 10.2 Å². The fourth-order valence-electron chi connectivity index (χ4n) is 1.87. The summed E-state index contributed by atoms with van der Waals surface area (Å²) in [4.78, 5) is 0. The largest absolute Gasteiger partial charge is 0.381 e. The smallest absolute Gasteiger partial charge is 0.169 e. The van der Waals surface area contributed by atoms with Crippen molar-refractivity contribution in [3.05, 3.63) is 34.7 Å². The molecule has 1 aliphatic rings. The zero-order valence-electron chi connectivity index (χ0n) is 8.90. The van der Waals surface area contributed by atoms with Gasteiger partial charge in [-0.15, -0.1) is 5.10 Å². The number of nitrogens with two attached hydrogens (primary N) is 1. The van der Waals surface area contributed by atoms with E-state index in [4.69, 9.17) is 17.3 Å². The summed E-state index contributed by atoms with van der Waals surface area (Å²) in [6.45, 7) is 0. The van der Waals surface area contributed by atoms with Crippen molar-refractivity contribution < 1.29 is 4.39 Å². The van der Waals surface area contributed by atoms with E-state index < -0.39 is 0 Å². The minimum absolute atomic E-state index is 0.303. The third-order valence-electron chi connectivity index (χ3n) is 2.83. The van der Waals surface area contributed by atoms with E-state index in [2.05, 4.69) is 10.3 Å². The molecule has 1 heterocycles. The van der Waals surface area contributed by atoms with Crippen LogP contribution in [0.15, 0.2) is 18.2 Å². The Hall–Kier alpha value is -1.62. The summed E-state index contributed by atoms with van der Waals surface area (Å²) in [5, 5.41) is 8.13. The quantitative estimate of drug-likeness (QED) is 0.894. The van der Waals surface area contributed by atoms with Crippen LogP contribution in [0.25, 0.3) is 5.69 Å². The van der Waals surface area contributed by atoms with E-state index in [1.807, 2.05) is 0 Å². The average Bonchev–Trinajstić information content (AvgIpc) is 3.03. The lowest BCUT2D eigenvalue weighted by Gasteiger charge is -2.07. The summed E-state index contributed by atoms with van der Waals surface area (Å²) in [5.74, 6) is 0.443. The Balaban J connectivity index is 2.14. The van der Waals surface area contributed by atoms with Crippen molar-refractivity contribution in [1.82, 2.24) is 15.0 Å². The molecule has 0 unspecified atom stereocenters. The van der Waals surface area contributed by atoms with Crippen LogP contribution in [0.5, 0.6) is 0 Å². The van der Waals surface area contributed by atoms with Crippen molar-refractivity contribution in [3.63, 3.8) is 0 Å². The fourth-order valence-corrected chi connectivity index (χ4v) is 2.12. The molecule has 0 spiro atoms. The van der Waals surface area contributed by atoms with Crippen molar-refractivity contribution in [2.45, 2.75) is 18.8 Å². The number of aromatic nitrogens is 3. The Bertz CT molecular complexity index is 577. The van der Waals surface area contributed by atoms with Gasteiger partial charge < -0.3 is 5.73 Å². The van der Waals surface area contributed by atoms with Crippen molar-refractivity contribution in [3.8, 4) is 5.69 Å². The first-order valence-electron chi connectivity index (χ1n) is 5.33. The van der Waals surface area contributed by atoms with E-state index in [0.717, 1.165) is 18.5 Å². The Morgan fingerprint density at radius 2 is 2.18 bits per heavy atom. The highest BCUT2D eigenvalue weighted by atomic mass is 35.5. The lowest BCUT2D eigenvalue weighted by atomic mass is 10.2. The topological polar surface area (TPSA) is 56.7 Å². The highest BCUT2D eigenvalue weighted by Gasteiger charge is 2.31. The molecule has 3 rings (SSSR count). The third kappa shape index (κ3) is 1.76. The van der Waals surface area contributed by atoms with Gasteiger partial charge in [0.15, 0.2) is 5.82 Å². The molecule has 0 aliphatic heterocycles. The first kappa shape index (κ1) is 10.5. The molecule has 0 atom stereocenters. The number of halogens is 2. The summed E-state index contributed by atoms with van der Waals surface area (Å²) >= 11 is 6.00. The van der Waals surface area contributed by atoms with Crippen LogP contribution < -0.4 is 5.73 Å². The summed E-state index contributed by atoms with van der Waals surface area (Å²) in [5.41, 5.74) is 7.27. The van der Waals surface area contributed by atoms with Crippen molar-refractivity contribution in [1.29, 1.82) is 0 Å². The van der Waals surface area contributed by atoms with Crippen LogP contribution in [0.1, 0.15) is 24.5 Å². The van der Waals surface area contributed by atoms with E-state index in [1.54, 1.807) is 10.7 Å². The number of hydrogen-bond donors (Lipinski definition) is 1. The zero-order chi connectivity index (χ0) is 12.0. The second-order valence-electron chi connectivity index (χ2n) is 4.14. The van der Waals surface area contributed by atoms with Gasteiger partial charge in [0.25, 0.3) is 0 Å². The van der Waals surface area contributed by atoms with Gasteiger partial charge in [-0.2, -0.15) is 0 Å². The number of nitrogen functional groups attached to an aromatic ring is 1. The first-order chi connectivity index (χ1) is 8.16. The minimum Gasteiger partial charge on any atom is -0.381 e. The Morgan fingerprint density at radius 1 is 1.41 bits per heavy atom. The molecule has 1 aliphatic carbocycles. The van der Waals surface area contributed by atoms with Gasteiger partial charge in [0.05, 0.1) is 16.4 Å². The second kappa shape index (κ2) is 3.70. The standard InChI is InChI=1S/C11H10ClFN4/c12-8-5-7(13)3-4-9(8)17-10(6-1-2-6)11(14)15-16-17/h3-6H,1-2,14H2. The van der Waals surface area contributed by atoms with Gasteiger partial charge in [0.2, 0.25) is 0 Å². The van der Waals surface area contributed by atoms with E-state index in [-0.39, 0.29) is 5.82 Å². The van der Waals surface area contributed by atoms with Crippen LogP contribution in [0.2, 0.25) is 5.02 Å². The van der Waals surface area contributed by atoms with E-state index in [1.165, 1.54) is 12.1 Å². The highest BCUT2D eigenvalue weighted by molar-refractivity contribution is 6.32. The molecule has 1 saturated carbocycles. The van der Waals surface area contributed by atoms with Gasteiger partial charge in [-0.3, -0.25) is 0 Å². The zero-order valence-corrected chi connectivity index (χ0v) is 9.65. The van der Waals surface area contributed by atoms with E-state index in [9.17, 15) is 4.39 Å². The molecule has 2 N–H and O–H groups in total.